The highest BCUT2D eigenvalue weighted by atomic mass is 32.1. The number of allylic oxidation sites excluding steroid dienone is 3. The van der Waals surface area contributed by atoms with Crippen LogP contribution in [-0.2, 0) is 9.59 Å². The Morgan fingerprint density at radius 1 is 0.831 bits per heavy atom. The number of aliphatic hydroxyl groups is 1. The van der Waals surface area contributed by atoms with E-state index in [0.717, 1.165) is 57.1 Å². The number of halogens is 2. The van der Waals surface area contributed by atoms with Crippen molar-refractivity contribution >= 4 is 59.2 Å². The number of aliphatic imine (C=N–C) groups is 1. The van der Waals surface area contributed by atoms with Crippen LogP contribution in [0.1, 0.15) is 43.4 Å². The van der Waals surface area contributed by atoms with Crippen molar-refractivity contribution in [1.82, 2.24) is 20.4 Å². The summed E-state index contributed by atoms with van der Waals surface area (Å²) in [5, 5.41) is 23.3. The highest BCUT2D eigenvalue weighted by Crippen LogP contribution is 2.30. The summed E-state index contributed by atoms with van der Waals surface area (Å²) in [7, 11) is -2.68. The van der Waals surface area contributed by atoms with E-state index >= 15 is 0 Å². The molecule has 306 valence electrons. The van der Waals surface area contributed by atoms with Crippen molar-refractivity contribution in [2.75, 3.05) is 39.4 Å². The van der Waals surface area contributed by atoms with Crippen LogP contribution in [-0.4, -0.2) is 80.0 Å². The second-order valence-corrected chi connectivity index (χ2v) is 14.9. The maximum atomic E-state index is 13.9. The Morgan fingerprint density at radius 2 is 1.64 bits per heavy atom. The third kappa shape index (κ3) is 13.4. The van der Waals surface area contributed by atoms with E-state index in [9.17, 15) is 23.3 Å². The van der Waals surface area contributed by atoms with Gasteiger partial charge in [0.15, 0.2) is 6.61 Å². The van der Waals surface area contributed by atoms with Crippen molar-refractivity contribution in [1.29, 1.82) is 0 Å². The van der Waals surface area contributed by atoms with Crippen LogP contribution in [0.15, 0.2) is 125 Å². The van der Waals surface area contributed by atoms with Crippen LogP contribution in [0.3, 0.4) is 0 Å². The van der Waals surface area contributed by atoms with Gasteiger partial charge in [-0.1, -0.05) is 67.1 Å². The number of thiophene rings is 1. The number of carbonyl (C=O) groups excluding carboxylic acids is 2. The molecule has 0 radical (unpaired) electrons. The number of carbonyl (C=O) groups is 2. The molecule has 1 aliphatic rings. The lowest BCUT2D eigenvalue weighted by atomic mass is 10.1. The first-order chi connectivity index (χ1) is 28.8. The monoisotopic (exact) mass is 819 g/mol. The van der Waals surface area contributed by atoms with E-state index in [1.54, 1.807) is 36.4 Å². The van der Waals surface area contributed by atoms with Gasteiger partial charge in [-0.05, 0) is 103 Å². The Labute approximate surface area is 347 Å². The molecule has 59 heavy (non-hydrogen) atoms. The molecule has 14 heteroatoms. The minimum Gasteiger partial charge on any atom is -0.490 e. The van der Waals surface area contributed by atoms with E-state index in [1.807, 2.05) is 90.3 Å². The molecule has 1 atom stereocenters. The number of aliphatic hydroxyl groups excluding tert-OH is 1. The summed E-state index contributed by atoms with van der Waals surface area (Å²) in [6.45, 7) is 2.20. The molecule has 0 saturated heterocycles. The van der Waals surface area contributed by atoms with Gasteiger partial charge in [-0.25, -0.2) is 4.99 Å². The Kier molecular flexibility index (Phi) is 16.2. The Balaban J connectivity index is 0.777. The zero-order valence-corrected chi connectivity index (χ0v) is 33.5. The number of hydrogen-bond acceptors (Lipinski definition) is 8. The largest absolute Gasteiger partial charge is 0.678 e. The van der Waals surface area contributed by atoms with Gasteiger partial charge >= 0.3 is 7.40 Å². The normalized spacial score (nSPS) is 13.5. The average Bonchev–Trinajstić information content (AvgIpc) is 4.04. The first-order valence-corrected chi connectivity index (χ1v) is 20.7. The molecule has 3 heterocycles. The van der Waals surface area contributed by atoms with Gasteiger partial charge in [-0.2, -0.15) is 0 Å². The minimum atomic E-state index is -2.68. The summed E-state index contributed by atoms with van der Waals surface area (Å²) < 4.78 is 40.4. The number of unbranched alkanes of at least 4 members (excludes halogenated alkanes) is 2. The Bertz CT molecular complexity index is 2250. The standard InChI is InChI=1S/C45H48BF2N5O5S/c47-46(48)53-37(21-24-41(53)43-13-7-28-59-43)29-36-20-19-35(52-36)18-15-33-16-22-39(23-17-33)57-32-45(56)51-26-5-1-2-14-44(55)50-27-8-25-49-30-38(54)31-58-42-12-6-10-34-9-3-4-11-40(34)42/h3-4,6-7,9-13,15-24,28-29,38,49,54H,1-2,5,8,14,25-27,30-32H2,(H,50,55)(H,51,56)/b18-15+,36-29-/t38-/m0/s1. The molecule has 6 rings (SSSR count). The smallest absolute Gasteiger partial charge is 0.490 e. The molecule has 4 N–H and O–H groups in total. The summed E-state index contributed by atoms with van der Waals surface area (Å²) in [5.74, 6) is 1.10. The Morgan fingerprint density at radius 3 is 2.47 bits per heavy atom. The van der Waals surface area contributed by atoms with Gasteiger partial charge in [0.2, 0.25) is 5.91 Å². The van der Waals surface area contributed by atoms with E-state index in [1.165, 1.54) is 11.3 Å². The van der Waals surface area contributed by atoms with Crippen LogP contribution in [0.5, 0.6) is 11.5 Å². The van der Waals surface area contributed by atoms with Crippen LogP contribution in [0.25, 0.3) is 33.5 Å². The summed E-state index contributed by atoms with van der Waals surface area (Å²) in [5.41, 5.74) is 3.03. The lowest BCUT2D eigenvalue weighted by molar-refractivity contribution is -0.123. The van der Waals surface area contributed by atoms with Gasteiger partial charge in [-0.15, -0.1) is 11.3 Å². The molecule has 1 aliphatic heterocycles. The fourth-order valence-corrected chi connectivity index (χ4v) is 7.13. The quantitative estimate of drug-likeness (QED) is 0.0394. The molecule has 2 amide bonds. The maximum Gasteiger partial charge on any atom is 0.678 e. The van der Waals surface area contributed by atoms with Gasteiger partial charge in [-0.3, -0.25) is 18.2 Å². The highest BCUT2D eigenvalue weighted by Gasteiger charge is 2.24. The van der Waals surface area contributed by atoms with Crippen molar-refractivity contribution < 1.29 is 32.8 Å². The molecule has 5 aromatic rings. The predicted molar refractivity (Wildman–Crippen MR) is 234 cm³/mol. The fourth-order valence-electron chi connectivity index (χ4n) is 6.38. The summed E-state index contributed by atoms with van der Waals surface area (Å²) >= 11 is 1.41. The fraction of sp³-hybridized carbons (Fsp3) is 0.267. The number of nitrogens with zero attached hydrogens (tertiary/aromatic N) is 2. The van der Waals surface area contributed by atoms with E-state index in [-0.39, 0.29) is 25.0 Å². The molecule has 0 aliphatic carbocycles. The highest BCUT2D eigenvalue weighted by molar-refractivity contribution is 7.13. The molecule has 0 unspecified atom stereocenters. The lowest BCUT2D eigenvalue weighted by Crippen LogP contribution is -2.33. The van der Waals surface area contributed by atoms with E-state index in [0.29, 0.717) is 61.1 Å². The number of rotatable bonds is 23. The zero-order valence-electron chi connectivity index (χ0n) is 32.7. The van der Waals surface area contributed by atoms with Crippen LogP contribution >= 0.6 is 11.3 Å². The van der Waals surface area contributed by atoms with Crippen LogP contribution in [0.4, 0.5) is 8.63 Å². The van der Waals surface area contributed by atoms with Crippen molar-refractivity contribution in [2.24, 2.45) is 4.99 Å². The number of benzene rings is 3. The molecule has 0 spiro atoms. The van der Waals surface area contributed by atoms with Crippen LogP contribution in [0.2, 0.25) is 0 Å². The molecule has 0 fully saturated rings. The van der Waals surface area contributed by atoms with E-state index < -0.39 is 13.5 Å². The molecule has 3 aromatic carbocycles. The SMILES string of the molecule is O=C(CCCCCNC(=O)COc1ccc(/C=C/C2=NC(=C\c3ccc(-c4cccs4)n3B(F)F)/C=C2)cc1)NCCCNC[C@H](O)COc1cccc2ccccc12. The average molecular weight is 820 g/mol. The zero-order chi connectivity index (χ0) is 41.2. The van der Waals surface area contributed by atoms with Crippen molar-refractivity contribution in [3.63, 3.8) is 0 Å². The number of amides is 2. The number of aromatic nitrogens is 1. The molecular weight excluding hydrogens is 771 g/mol. The van der Waals surface area contributed by atoms with Gasteiger partial charge in [0.05, 0.1) is 17.1 Å². The first kappa shape index (κ1) is 42.8. The summed E-state index contributed by atoms with van der Waals surface area (Å²) in [6.07, 6.45) is 11.8. The third-order valence-electron chi connectivity index (χ3n) is 9.41. The summed E-state index contributed by atoms with van der Waals surface area (Å²) in [6, 6.07) is 28.2. The number of ether oxygens (including phenoxy) is 2. The van der Waals surface area contributed by atoms with Gasteiger partial charge in [0, 0.05) is 42.0 Å². The second-order valence-electron chi connectivity index (χ2n) is 13.9. The van der Waals surface area contributed by atoms with Crippen LogP contribution in [0, 0.1) is 0 Å². The second kappa shape index (κ2) is 22.4. The van der Waals surface area contributed by atoms with Crippen molar-refractivity contribution in [3.05, 3.63) is 132 Å². The Hall–Kier alpha value is -5.83. The minimum absolute atomic E-state index is 0.00281. The number of fused-ring (bicyclic) bond motifs is 1. The van der Waals surface area contributed by atoms with E-state index in [2.05, 4.69) is 20.9 Å². The first-order valence-electron chi connectivity index (χ1n) is 19.8. The van der Waals surface area contributed by atoms with Gasteiger partial charge < -0.3 is 35.0 Å². The number of nitrogens with one attached hydrogen (secondary N) is 3. The van der Waals surface area contributed by atoms with Gasteiger partial charge in [0.25, 0.3) is 5.91 Å². The summed E-state index contributed by atoms with van der Waals surface area (Å²) in [4.78, 5) is 29.8. The topological polar surface area (TPSA) is 126 Å². The van der Waals surface area contributed by atoms with Crippen LogP contribution < -0.4 is 25.4 Å². The molecule has 0 saturated carbocycles. The molecular formula is C45H48BF2N5O5S. The maximum absolute atomic E-state index is 13.9. The molecule has 10 nitrogen and oxygen atoms in total. The van der Waals surface area contributed by atoms with Crippen molar-refractivity contribution in [3.8, 4) is 22.1 Å². The lowest BCUT2D eigenvalue weighted by Gasteiger charge is -2.14. The predicted octanol–water partition coefficient (Wildman–Crippen LogP) is 7.80. The third-order valence-corrected chi connectivity index (χ3v) is 10.3. The van der Waals surface area contributed by atoms with Crippen molar-refractivity contribution in [2.45, 2.75) is 38.2 Å². The van der Waals surface area contributed by atoms with Gasteiger partial charge in [0.1, 0.15) is 24.2 Å². The molecule has 2 aromatic heterocycles. The number of hydrogen-bond donors (Lipinski definition) is 4. The molecule has 0 bridgehead atoms. The van der Waals surface area contributed by atoms with E-state index in [4.69, 9.17) is 9.47 Å².